The van der Waals surface area contributed by atoms with E-state index in [9.17, 15) is 5.26 Å². The molecule has 0 saturated carbocycles. The van der Waals surface area contributed by atoms with Crippen LogP contribution in [0.25, 0.3) is 11.1 Å². The van der Waals surface area contributed by atoms with Crippen molar-refractivity contribution in [3.05, 3.63) is 59.7 Å². The predicted octanol–water partition coefficient (Wildman–Crippen LogP) is 6.91. The smallest absolute Gasteiger partial charge is 0.0991 e. The van der Waals surface area contributed by atoms with Crippen LogP contribution in [0.3, 0.4) is 0 Å². The fourth-order valence-electron chi connectivity index (χ4n) is 3.22. The first-order chi connectivity index (χ1) is 11.8. The molecule has 24 heavy (non-hydrogen) atoms. The summed E-state index contributed by atoms with van der Waals surface area (Å²) in [5.41, 5.74) is 4.60. The molecule has 0 bridgehead atoms. The molecule has 0 N–H and O–H groups in total. The maximum absolute atomic E-state index is 9.19. The van der Waals surface area contributed by atoms with E-state index < -0.39 is 0 Å². The van der Waals surface area contributed by atoms with Crippen LogP contribution in [0.15, 0.2) is 48.5 Å². The van der Waals surface area contributed by atoms with Crippen molar-refractivity contribution in [2.24, 2.45) is 0 Å². The number of nitriles is 1. The summed E-state index contributed by atoms with van der Waals surface area (Å²) in [5, 5.41) is 9.19. The van der Waals surface area contributed by atoms with E-state index in [1.807, 2.05) is 12.1 Å². The van der Waals surface area contributed by atoms with Gasteiger partial charge in [0.15, 0.2) is 0 Å². The molecular formula is C23H29N. The second-order valence-electron chi connectivity index (χ2n) is 6.57. The molecule has 126 valence electrons. The van der Waals surface area contributed by atoms with Gasteiger partial charge < -0.3 is 0 Å². The Kier molecular flexibility index (Phi) is 8.11. The summed E-state index contributed by atoms with van der Waals surface area (Å²) in [6, 6.07) is 18.9. The van der Waals surface area contributed by atoms with Gasteiger partial charge in [-0.05, 0) is 41.7 Å². The highest BCUT2D eigenvalue weighted by atomic mass is 14.2. The van der Waals surface area contributed by atoms with E-state index >= 15 is 0 Å². The molecule has 0 atom stereocenters. The average molecular weight is 319 g/mol. The summed E-state index contributed by atoms with van der Waals surface area (Å²) in [7, 11) is 0. The number of aryl methyl sites for hydroxylation is 1. The molecule has 0 aliphatic carbocycles. The van der Waals surface area contributed by atoms with Crippen LogP contribution in [-0.2, 0) is 6.42 Å². The normalized spacial score (nSPS) is 10.5. The van der Waals surface area contributed by atoms with Gasteiger partial charge in [0.2, 0.25) is 0 Å². The van der Waals surface area contributed by atoms with E-state index in [1.165, 1.54) is 68.1 Å². The fraction of sp³-hybridized carbons (Fsp3) is 0.435. The van der Waals surface area contributed by atoms with Crippen LogP contribution in [0.5, 0.6) is 0 Å². The van der Waals surface area contributed by atoms with Crippen molar-refractivity contribution in [2.75, 3.05) is 0 Å². The van der Waals surface area contributed by atoms with Gasteiger partial charge in [-0.3, -0.25) is 0 Å². The van der Waals surface area contributed by atoms with Crippen molar-refractivity contribution in [2.45, 2.75) is 64.7 Å². The van der Waals surface area contributed by atoms with Crippen molar-refractivity contribution in [1.29, 1.82) is 5.26 Å². The third-order valence-corrected chi connectivity index (χ3v) is 4.62. The molecule has 2 rings (SSSR count). The lowest BCUT2D eigenvalue weighted by Gasteiger charge is -2.10. The summed E-state index contributed by atoms with van der Waals surface area (Å²) < 4.78 is 0. The van der Waals surface area contributed by atoms with Gasteiger partial charge in [-0.2, -0.15) is 5.26 Å². The molecule has 0 heterocycles. The molecule has 0 amide bonds. The summed E-state index contributed by atoms with van der Waals surface area (Å²) in [6.07, 6.45) is 11.7. The summed E-state index contributed by atoms with van der Waals surface area (Å²) in [6.45, 7) is 2.26. The first-order valence-electron chi connectivity index (χ1n) is 9.43. The van der Waals surface area contributed by atoms with Crippen LogP contribution in [0.1, 0.15) is 69.4 Å². The topological polar surface area (TPSA) is 23.8 Å². The monoisotopic (exact) mass is 319 g/mol. The minimum absolute atomic E-state index is 0.768. The Labute approximate surface area is 147 Å². The molecule has 0 spiro atoms. The highest BCUT2D eigenvalue weighted by molar-refractivity contribution is 5.68. The van der Waals surface area contributed by atoms with Crippen LogP contribution in [0.4, 0.5) is 0 Å². The third-order valence-electron chi connectivity index (χ3n) is 4.62. The number of benzene rings is 2. The molecular weight excluding hydrogens is 290 g/mol. The van der Waals surface area contributed by atoms with Gasteiger partial charge in [-0.15, -0.1) is 0 Å². The minimum atomic E-state index is 0.768. The van der Waals surface area contributed by atoms with E-state index in [0.29, 0.717) is 0 Å². The number of nitrogens with zero attached hydrogens (tertiary/aromatic N) is 1. The van der Waals surface area contributed by atoms with Crippen LogP contribution in [-0.4, -0.2) is 0 Å². The summed E-state index contributed by atoms with van der Waals surface area (Å²) in [5.74, 6) is 0. The van der Waals surface area contributed by atoms with Crippen LogP contribution in [0.2, 0.25) is 0 Å². The SMILES string of the molecule is CCCCCCCCCCc1cc(C#N)ccc1-c1ccccc1. The summed E-state index contributed by atoms with van der Waals surface area (Å²) >= 11 is 0. The molecule has 0 fully saturated rings. The number of hydrogen-bond donors (Lipinski definition) is 0. The highest BCUT2D eigenvalue weighted by Gasteiger charge is 2.06. The number of unbranched alkanes of at least 4 members (excludes halogenated alkanes) is 7. The zero-order valence-corrected chi connectivity index (χ0v) is 14.9. The first-order valence-corrected chi connectivity index (χ1v) is 9.43. The second kappa shape index (κ2) is 10.7. The van der Waals surface area contributed by atoms with E-state index in [4.69, 9.17) is 0 Å². The van der Waals surface area contributed by atoms with E-state index in [2.05, 4.69) is 49.4 Å². The Morgan fingerprint density at radius 1 is 0.792 bits per heavy atom. The van der Waals surface area contributed by atoms with Gasteiger partial charge in [0.1, 0.15) is 0 Å². The van der Waals surface area contributed by atoms with Crippen LogP contribution >= 0.6 is 0 Å². The lowest BCUT2D eigenvalue weighted by Crippen LogP contribution is -1.93. The van der Waals surface area contributed by atoms with Crippen LogP contribution in [0, 0.1) is 11.3 Å². The lowest BCUT2D eigenvalue weighted by molar-refractivity contribution is 0.575. The molecule has 0 aliphatic rings. The number of rotatable bonds is 10. The van der Waals surface area contributed by atoms with Gasteiger partial charge in [0.05, 0.1) is 11.6 Å². The Morgan fingerprint density at radius 2 is 1.46 bits per heavy atom. The Bertz CT molecular complexity index is 637. The fourth-order valence-corrected chi connectivity index (χ4v) is 3.22. The Morgan fingerprint density at radius 3 is 2.12 bits per heavy atom. The van der Waals surface area contributed by atoms with Gasteiger partial charge >= 0.3 is 0 Å². The van der Waals surface area contributed by atoms with Crippen molar-refractivity contribution >= 4 is 0 Å². The molecule has 0 aromatic heterocycles. The number of hydrogen-bond acceptors (Lipinski definition) is 1. The van der Waals surface area contributed by atoms with Gasteiger partial charge in [-0.1, -0.05) is 88.3 Å². The Hall–Kier alpha value is -2.07. The minimum Gasteiger partial charge on any atom is -0.192 e. The van der Waals surface area contributed by atoms with E-state index in [-0.39, 0.29) is 0 Å². The first kappa shape index (κ1) is 18.3. The zero-order valence-electron chi connectivity index (χ0n) is 14.9. The quantitative estimate of drug-likeness (QED) is 0.436. The third kappa shape index (κ3) is 5.85. The van der Waals surface area contributed by atoms with Crippen molar-refractivity contribution in [3.63, 3.8) is 0 Å². The summed E-state index contributed by atoms with van der Waals surface area (Å²) in [4.78, 5) is 0. The molecule has 0 unspecified atom stereocenters. The van der Waals surface area contributed by atoms with Crippen molar-refractivity contribution < 1.29 is 0 Å². The maximum Gasteiger partial charge on any atom is 0.0991 e. The molecule has 0 radical (unpaired) electrons. The molecule has 2 aromatic rings. The molecule has 2 aromatic carbocycles. The van der Waals surface area contributed by atoms with Gasteiger partial charge in [0.25, 0.3) is 0 Å². The van der Waals surface area contributed by atoms with Crippen molar-refractivity contribution in [1.82, 2.24) is 0 Å². The second-order valence-corrected chi connectivity index (χ2v) is 6.57. The van der Waals surface area contributed by atoms with E-state index in [1.54, 1.807) is 0 Å². The largest absolute Gasteiger partial charge is 0.192 e. The van der Waals surface area contributed by atoms with Gasteiger partial charge in [-0.25, -0.2) is 0 Å². The zero-order chi connectivity index (χ0) is 17.0. The van der Waals surface area contributed by atoms with Gasteiger partial charge in [0, 0.05) is 0 Å². The molecule has 1 nitrogen and oxygen atoms in total. The molecule has 1 heteroatoms. The standard InChI is InChI=1S/C23H29N/c1-2-3-4-5-6-7-8-10-15-22-18-20(19-24)16-17-23(22)21-13-11-9-12-14-21/h9,11-14,16-18H,2-8,10,15H2,1H3. The Balaban J connectivity index is 1.90. The van der Waals surface area contributed by atoms with E-state index in [0.717, 1.165) is 12.0 Å². The molecule has 0 saturated heterocycles. The lowest BCUT2D eigenvalue weighted by atomic mass is 9.94. The highest BCUT2D eigenvalue weighted by Crippen LogP contribution is 2.26. The average Bonchev–Trinajstić information content (AvgIpc) is 2.64. The predicted molar refractivity (Wildman–Crippen MR) is 103 cm³/mol. The maximum atomic E-state index is 9.19. The molecule has 0 aliphatic heterocycles. The van der Waals surface area contributed by atoms with Crippen LogP contribution < -0.4 is 0 Å². The van der Waals surface area contributed by atoms with Crippen molar-refractivity contribution in [3.8, 4) is 17.2 Å².